The van der Waals surface area contributed by atoms with E-state index < -0.39 is 27.8 Å². The number of carbonyl (C=O) groups excluding carboxylic acids is 2. The van der Waals surface area contributed by atoms with Crippen LogP contribution in [0.5, 0.6) is 0 Å². The smallest absolute Gasteiger partial charge is 0.325 e. The molecule has 23 heavy (non-hydrogen) atoms. The lowest BCUT2D eigenvalue weighted by atomic mass is 10.1. The zero-order chi connectivity index (χ0) is 16.8. The molecule has 8 heteroatoms. The number of primary amides is 1. The lowest BCUT2D eigenvalue weighted by Gasteiger charge is -2.22. The van der Waals surface area contributed by atoms with Gasteiger partial charge in [-0.05, 0) is 24.1 Å². The van der Waals surface area contributed by atoms with Gasteiger partial charge in [-0.2, -0.15) is 0 Å². The molecular weight excluding hydrogens is 318 g/mol. The molecule has 2 saturated heterocycles. The van der Waals surface area contributed by atoms with Gasteiger partial charge < -0.3 is 10.6 Å². The maximum absolute atomic E-state index is 12.7. The largest absolute Gasteiger partial charge is 0.368 e. The van der Waals surface area contributed by atoms with Gasteiger partial charge in [-0.25, -0.2) is 13.2 Å². The summed E-state index contributed by atoms with van der Waals surface area (Å²) in [5.74, 6) is -0.862. The highest BCUT2D eigenvalue weighted by atomic mass is 32.2. The molecule has 3 rings (SSSR count). The number of nitrogens with zero attached hydrogens (tertiary/aromatic N) is 2. The lowest BCUT2D eigenvalue weighted by molar-refractivity contribution is -0.118. The predicted molar refractivity (Wildman–Crippen MR) is 85.8 cm³/mol. The molecule has 124 valence electrons. The Kier molecular flexibility index (Phi) is 3.79. The number of fused-ring (bicyclic) bond motifs is 1. The molecule has 3 amide bonds. The van der Waals surface area contributed by atoms with Gasteiger partial charge in [0, 0.05) is 5.69 Å². The van der Waals surface area contributed by atoms with Gasteiger partial charge in [-0.1, -0.05) is 19.1 Å². The molecule has 2 atom stereocenters. The number of hydrogen-bond donors (Lipinski definition) is 1. The fourth-order valence-electron chi connectivity index (χ4n) is 3.32. The lowest BCUT2D eigenvalue weighted by Crippen LogP contribution is -2.42. The third kappa shape index (κ3) is 2.78. The van der Waals surface area contributed by atoms with E-state index in [1.54, 1.807) is 0 Å². The quantitative estimate of drug-likeness (QED) is 0.790. The summed E-state index contributed by atoms with van der Waals surface area (Å²) in [4.78, 5) is 26.7. The summed E-state index contributed by atoms with van der Waals surface area (Å²) < 4.78 is 24.0. The topological polar surface area (TPSA) is 101 Å². The summed E-state index contributed by atoms with van der Waals surface area (Å²) in [5.41, 5.74) is 6.98. The number of urea groups is 1. The van der Waals surface area contributed by atoms with Crippen LogP contribution in [0.4, 0.5) is 10.5 Å². The van der Waals surface area contributed by atoms with Crippen LogP contribution in [-0.2, 0) is 21.1 Å². The predicted octanol–water partition coefficient (Wildman–Crippen LogP) is 0.142. The second kappa shape index (κ2) is 5.52. The van der Waals surface area contributed by atoms with Crippen LogP contribution in [0.15, 0.2) is 24.3 Å². The summed E-state index contributed by atoms with van der Waals surface area (Å²) in [6, 6.07) is 6.09. The summed E-state index contributed by atoms with van der Waals surface area (Å²) in [7, 11) is -3.24. The molecular formula is C15H19N3O4S. The van der Waals surface area contributed by atoms with Crippen molar-refractivity contribution in [3.63, 3.8) is 0 Å². The van der Waals surface area contributed by atoms with E-state index in [1.807, 2.05) is 31.2 Å². The second-order valence-electron chi connectivity index (χ2n) is 5.98. The molecule has 0 radical (unpaired) electrons. The molecule has 2 aliphatic rings. The average molecular weight is 337 g/mol. The summed E-state index contributed by atoms with van der Waals surface area (Å²) in [5, 5.41) is 0. The number of benzene rings is 1. The van der Waals surface area contributed by atoms with Crippen LogP contribution in [0.1, 0.15) is 12.5 Å². The van der Waals surface area contributed by atoms with E-state index in [9.17, 15) is 18.0 Å². The van der Waals surface area contributed by atoms with Crippen LogP contribution in [0.2, 0.25) is 0 Å². The monoisotopic (exact) mass is 337 g/mol. The molecule has 0 aliphatic carbocycles. The number of carbonyl (C=O) groups is 2. The van der Waals surface area contributed by atoms with Gasteiger partial charge in [-0.15, -0.1) is 0 Å². The molecule has 0 aromatic heterocycles. The Hall–Kier alpha value is -2.09. The SMILES string of the molecule is CCc1ccc(N2C(=O)N(CC(N)=O)[C@H]3CS(=O)(=O)C[C@H]32)cc1. The number of anilines is 1. The standard InChI is InChI=1S/C15H19N3O4S/c1-2-10-3-5-11(6-4-10)18-13-9-23(21,22)8-12(13)17(15(18)20)7-14(16)19/h3-6,12-13H,2,7-9H2,1H3,(H2,16,19)/t12-,13+/m0/s1. The molecule has 0 bridgehead atoms. The van der Waals surface area contributed by atoms with Crippen LogP contribution in [-0.4, -0.2) is 55.4 Å². The van der Waals surface area contributed by atoms with Crippen molar-refractivity contribution in [1.29, 1.82) is 0 Å². The van der Waals surface area contributed by atoms with E-state index in [0.717, 1.165) is 12.0 Å². The van der Waals surface area contributed by atoms with Gasteiger partial charge >= 0.3 is 6.03 Å². The summed E-state index contributed by atoms with van der Waals surface area (Å²) in [6.45, 7) is 1.77. The first kappa shape index (κ1) is 15.8. The Balaban J connectivity index is 1.98. The van der Waals surface area contributed by atoms with Crippen molar-refractivity contribution in [3.8, 4) is 0 Å². The van der Waals surface area contributed by atoms with Crippen molar-refractivity contribution < 1.29 is 18.0 Å². The van der Waals surface area contributed by atoms with Crippen LogP contribution in [0.25, 0.3) is 0 Å². The number of sulfone groups is 1. The average Bonchev–Trinajstić information content (AvgIpc) is 2.91. The molecule has 2 N–H and O–H groups in total. The Labute approximate surface area is 135 Å². The third-order valence-electron chi connectivity index (χ3n) is 4.43. The highest BCUT2D eigenvalue weighted by molar-refractivity contribution is 7.91. The van der Waals surface area contributed by atoms with E-state index in [2.05, 4.69) is 0 Å². The van der Waals surface area contributed by atoms with E-state index >= 15 is 0 Å². The van der Waals surface area contributed by atoms with Crippen molar-refractivity contribution >= 4 is 27.5 Å². The first-order chi connectivity index (χ1) is 10.8. The van der Waals surface area contributed by atoms with Crippen LogP contribution in [0, 0.1) is 0 Å². The number of hydrogen-bond acceptors (Lipinski definition) is 4. The van der Waals surface area contributed by atoms with Gasteiger partial charge in [0.2, 0.25) is 5.91 Å². The first-order valence-corrected chi connectivity index (χ1v) is 9.32. The van der Waals surface area contributed by atoms with E-state index in [4.69, 9.17) is 5.73 Å². The molecule has 1 aromatic rings. The molecule has 2 aliphatic heterocycles. The van der Waals surface area contributed by atoms with E-state index in [-0.39, 0.29) is 24.1 Å². The minimum absolute atomic E-state index is 0.0891. The molecule has 0 unspecified atom stereocenters. The molecule has 1 aromatic carbocycles. The molecule has 0 saturated carbocycles. The van der Waals surface area contributed by atoms with Crippen LogP contribution >= 0.6 is 0 Å². The van der Waals surface area contributed by atoms with Crippen molar-refractivity contribution in [2.75, 3.05) is 23.0 Å². The van der Waals surface area contributed by atoms with Gasteiger partial charge in [0.05, 0.1) is 23.6 Å². The van der Waals surface area contributed by atoms with Crippen molar-refractivity contribution in [2.45, 2.75) is 25.4 Å². The zero-order valence-corrected chi connectivity index (χ0v) is 13.6. The zero-order valence-electron chi connectivity index (χ0n) is 12.8. The van der Waals surface area contributed by atoms with Crippen molar-refractivity contribution in [3.05, 3.63) is 29.8 Å². The number of rotatable bonds is 4. The number of amides is 3. The fraction of sp³-hybridized carbons (Fsp3) is 0.467. The van der Waals surface area contributed by atoms with Crippen LogP contribution < -0.4 is 10.6 Å². The normalized spacial score (nSPS) is 25.7. The third-order valence-corrected chi connectivity index (χ3v) is 6.13. The summed E-state index contributed by atoms with van der Waals surface area (Å²) >= 11 is 0. The maximum Gasteiger partial charge on any atom is 0.325 e. The van der Waals surface area contributed by atoms with Crippen molar-refractivity contribution in [2.24, 2.45) is 5.73 Å². The Bertz CT molecular complexity index is 744. The Morgan fingerprint density at radius 1 is 1.22 bits per heavy atom. The molecule has 0 spiro atoms. The molecule has 7 nitrogen and oxygen atoms in total. The molecule has 2 heterocycles. The van der Waals surface area contributed by atoms with Gasteiger partial charge in [0.1, 0.15) is 6.54 Å². The molecule has 2 fully saturated rings. The highest BCUT2D eigenvalue weighted by Crippen LogP contribution is 2.34. The van der Waals surface area contributed by atoms with Gasteiger partial charge in [0.25, 0.3) is 0 Å². The van der Waals surface area contributed by atoms with Gasteiger partial charge in [0.15, 0.2) is 9.84 Å². The maximum atomic E-state index is 12.7. The number of aryl methyl sites for hydroxylation is 1. The number of nitrogens with two attached hydrogens (primary N) is 1. The summed E-state index contributed by atoms with van der Waals surface area (Å²) in [6.07, 6.45) is 0.877. The second-order valence-corrected chi connectivity index (χ2v) is 8.13. The van der Waals surface area contributed by atoms with Gasteiger partial charge in [-0.3, -0.25) is 9.69 Å². The Morgan fingerprint density at radius 3 is 2.39 bits per heavy atom. The van der Waals surface area contributed by atoms with Crippen molar-refractivity contribution in [1.82, 2.24) is 4.90 Å². The Morgan fingerprint density at radius 2 is 1.83 bits per heavy atom. The first-order valence-electron chi connectivity index (χ1n) is 7.50. The van der Waals surface area contributed by atoms with E-state index in [0.29, 0.717) is 5.69 Å². The highest BCUT2D eigenvalue weighted by Gasteiger charge is 2.54. The van der Waals surface area contributed by atoms with Crippen LogP contribution in [0.3, 0.4) is 0 Å². The fourth-order valence-corrected chi connectivity index (χ4v) is 5.27. The van der Waals surface area contributed by atoms with E-state index in [1.165, 1.54) is 9.80 Å². The minimum atomic E-state index is -3.24. The minimum Gasteiger partial charge on any atom is -0.368 e.